The van der Waals surface area contributed by atoms with Crippen molar-refractivity contribution in [2.75, 3.05) is 19.5 Å². The van der Waals surface area contributed by atoms with Crippen LogP contribution in [-0.2, 0) is 11.3 Å². The number of hydrogen-bond donors (Lipinski definition) is 2. The summed E-state index contributed by atoms with van der Waals surface area (Å²) < 4.78 is 12.4. The number of aromatic nitrogens is 4. The molecule has 0 aliphatic heterocycles. The lowest BCUT2D eigenvalue weighted by molar-refractivity contribution is 0.0926. The molecule has 2 aromatic carbocycles. The van der Waals surface area contributed by atoms with Crippen LogP contribution in [0.25, 0.3) is 16.7 Å². The second-order valence-corrected chi connectivity index (χ2v) is 9.85. The van der Waals surface area contributed by atoms with Gasteiger partial charge in [0.15, 0.2) is 11.5 Å². The van der Waals surface area contributed by atoms with E-state index in [4.69, 9.17) is 24.5 Å². The molecule has 0 radical (unpaired) electrons. The Kier molecular flexibility index (Phi) is 7.55. The Hall–Kier alpha value is -3.98. The number of fused-ring (bicyclic) bond motifs is 1. The van der Waals surface area contributed by atoms with Crippen molar-refractivity contribution in [1.29, 1.82) is 0 Å². The Balaban J connectivity index is 1.31. The van der Waals surface area contributed by atoms with E-state index in [1.54, 1.807) is 38.5 Å². The van der Waals surface area contributed by atoms with Gasteiger partial charge in [-0.05, 0) is 75.9 Å². The van der Waals surface area contributed by atoms with Gasteiger partial charge in [-0.15, -0.1) is 0 Å². The zero-order valence-electron chi connectivity index (χ0n) is 22.3. The van der Waals surface area contributed by atoms with Gasteiger partial charge in [-0.1, -0.05) is 17.7 Å². The van der Waals surface area contributed by atoms with E-state index in [0.717, 1.165) is 59.7 Å². The average molecular weight is 515 g/mol. The SMILES string of the molecule is COCc1nc(NC2CCC(NC(=O)c3ccc(OC)cc3)CC2)c2c(C)nn(-c3ccc(C)cc3)c2n1. The zero-order valence-corrected chi connectivity index (χ0v) is 22.3. The number of nitrogens with zero attached hydrogens (tertiary/aromatic N) is 4. The van der Waals surface area contributed by atoms with Gasteiger partial charge in [0.25, 0.3) is 5.91 Å². The predicted octanol–water partition coefficient (Wildman–Crippen LogP) is 4.74. The number of nitrogens with one attached hydrogen (secondary N) is 2. The van der Waals surface area contributed by atoms with Crippen LogP contribution in [0.15, 0.2) is 48.5 Å². The normalized spacial score (nSPS) is 17.4. The maximum Gasteiger partial charge on any atom is 0.251 e. The molecular formula is C29H34N6O3. The molecular weight excluding hydrogens is 480 g/mol. The van der Waals surface area contributed by atoms with Gasteiger partial charge in [-0.2, -0.15) is 5.10 Å². The van der Waals surface area contributed by atoms with E-state index >= 15 is 0 Å². The summed E-state index contributed by atoms with van der Waals surface area (Å²) in [5, 5.41) is 12.6. The van der Waals surface area contributed by atoms with Gasteiger partial charge in [-0.3, -0.25) is 4.79 Å². The van der Waals surface area contributed by atoms with Gasteiger partial charge in [-0.25, -0.2) is 14.6 Å². The Labute approximate surface area is 222 Å². The van der Waals surface area contributed by atoms with Crippen LogP contribution in [0.2, 0.25) is 0 Å². The molecule has 1 saturated carbocycles. The number of hydrogen-bond acceptors (Lipinski definition) is 7. The van der Waals surface area contributed by atoms with E-state index in [9.17, 15) is 4.79 Å². The molecule has 4 aromatic rings. The number of rotatable bonds is 8. The first-order valence-corrected chi connectivity index (χ1v) is 13.0. The van der Waals surface area contributed by atoms with Crippen molar-refractivity contribution in [3.63, 3.8) is 0 Å². The van der Waals surface area contributed by atoms with Gasteiger partial charge < -0.3 is 20.1 Å². The summed E-state index contributed by atoms with van der Waals surface area (Å²) in [7, 11) is 3.26. The van der Waals surface area contributed by atoms with Crippen LogP contribution in [0.4, 0.5) is 5.82 Å². The third-order valence-electron chi connectivity index (χ3n) is 7.06. The van der Waals surface area contributed by atoms with E-state index in [1.165, 1.54) is 5.56 Å². The van der Waals surface area contributed by atoms with Crippen molar-refractivity contribution in [1.82, 2.24) is 25.1 Å². The molecule has 2 aromatic heterocycles. The molecule has 38 heavy (non-hydrogen) atoms. The van der Waals surface area contributed by atoms with Gasteiger partial charge in [0, 0.05) is 24.8 Å². The molecule has 1 fully saturated rings. The number of ether oxygens (including phenoxy) is 2. The highest BCUT2D eigenvalue weighted by Crippen LogP contribution is 2.30. The molecule has 9 nitrogen and oxygen atoms in total. The number of anilines is 1. The molecule has 0 atom stereocenters. The van der Waals surface area contributed by atoms with Crippen LogP contribution in [0.5, 0.6) is 5.75 Å². The van der Waals surface area contributed by atoms with Crippen molar-refractivity contribution in [2.24, 2.45) is 0 Å². The fourth-order valence-corrected chi connectivity index (χ4v) is 4.98. The lowest BCUT2D eigenvalue weighted by atomic mass is 9.91. The van der Waals surface area contributed by atoms with Crippen LogP contribution in [0.1, 0.15) is 53.1 Å². The summed E-state index contributed by atoms with van der Waals surface area (Å²) in [5.74, 6) is 2.07. The summed E-state index contributed by atoms with van der Waals surface area (Å²) in [6.45, 7) is 4.37. The molecule has 0 saturated heterocycles. The quantitative estimate of drug-likeness (QED) is 0.350. The van der Waals surface area contributed by atoms with E-state index in [0.29, 0.717) is 18.0 Å². The summed E-state index contributed by atoms with van der Waals surface area (Å²) in [4.78, 5) is 22.3. The minimum absolute atomic E-state index is 0.0510. The first-order valence-electron chi connectivity index (χ1n) is 13.0. The third-order valence-corrected chi connectivity index (χ3v) is 7.06. The summed E-state index contributed by atoms with van der Waals surface area (Å²) in [5.41, 5.74) is 4.41. The largest absolute Gasteiger partial charge is 0.497 e. The Bertz CT molecular complexity index is 1410. The van der Waals surface area contributed by atoms with Crippen molar-refractivity contribution in [3.05, 3.63) is 71.2 Å². The molecule has 2 N–H and O–H groups in total. The van der Waals surface area contributed by atoms with Crippen molar-refractivity contribution in [3.8, 4) is 11.4 Å². The average Bonchev–Trinajstić information content (AvgIpc) is 3.26. The summed E-state index contributed by atoms with van der Waals surface area (Å²) >= 11 is 0. The molecule has 0 unspecified atom stereocenters. The standard InChI is InChI=1S/C29H34N6O3/c1-18-5-13-23(14-6-18)35-28-26(19(2)34-35)27(32-25(33-28)17-37-3)30-21-9-11-22(12-10-21)31-29(36)20-7-15-24(38-4)16-8-20/h5-8,13-16,21-22H,9-12,17H2,1-4H3,(H,31,36)(H,30,32,33). The van der Waals surface area contributed by atoms with E-state index in [-0.39, 0.29) is 18.0 Å². The summed E-state index contributed by atoms with van der Waals surface area (Å²) in [6, 6.07) is 15.8. The van der Waals surface area contributed by atoms with Crippen LogP contribution in [0.3, 0.4) is 0 Å². The second kappa shape index (κ2) is 11.2. The van der Waals surface area contributed by atoms with Gasteiger partial charge in [0.2, 0.25) is 0 Å². The van der Waals surface area contributed by atoms with Crippen molar-refractivity contribution < 1.29 is 14.3 Å². The predicted molar refractivity (Wildman–Crippen MR) is 147 cm³/mol. The monoisotopic (exact) mass is 514 g/mol. The minimum atomic E-state index is -0.0510. The molecule has 1 amide bonds. The van der Waals surface area contributed by atoms with Crippen LogP contribution in [-0.4, -0.2) is 52.0 Å². The number of methoxy groups -OCH3 is 2. The third kappa shape index (κ3) is 5.47. The number of benzene rings is 2. The molecule has 198 valence electrons. The lowest BCUT2D eigenvalue weighted by Gasteiger charge is -2.30. The smallest absolute Gasteiger partial charge is 0.251 e. The molecule has 9 heteroatoms. The number of carbonyl (C=O) groups excluding carboxylic acids is 1. The highest BCUT2D eigenvalue weighted by atomic mass is 16.5. The van der Waals surface area contributed by atoms with Crippen molar-refractivity contribution in [2.45, 2.75) is 58.2 Å². The molecule has 1 aliphatic carbocycles. The van der Waals surface area contributed by atoms with Gasteiger partial charge in [0.05, 0.1) is 23.9 Å². The second-order valence-electron chi connectivity index (χ2n) is 9.85. The topological polar surface area (TPSA) is 103 Å². The number of aryl methyl sites for hydroxylation is 2. The van der Waals surface area contributed by atoms with E-state index in [2.05, 4.69) is 29.7 Å². The maximum atomic E-state index is 12.7. The Morgan fingerprint density at radius 3 is 2.29 bits per heavy atom. The van der Waals surface area contributed by atoms with E-state index in [1.807, 2.05) is 23.7 Å². The Morgan fingerprint density at radius 2 is 1.63 bits per heavy atom. The molecule has 1 aliphatic rings. The van der Waals surface area contributed by atoms with Crippen molar-refractivity contribution >= 4 is 22.8 Å². The molecule has 2 heterocycles. The lowest BCUT2D eigenvalue weighted by Crippen LogP contribution is -2.40. The molecule has 0 bridgehead atoms. The van der Waals surface area contributed by atoms with Crippen LogP contribution in [0, 0.1) is 13.8 Å². The fourth-order valence-electron chi connectivity index (χ4n) is 4.98. The minimum Gasteiger partial charge on any atom is -0.497 e. The van der Waals surface area contributed by atoms with E-state index < -0.39 is 0 Å². The summed E-state index contributed by atoms with van der Waals surface area (Å²) in [6.07, 6.45) is 3.62. The Morgan fingerprint density at radius 1 is 0.947 bits per heavy atom. The number of carbonyl (C=O) groups is 1. The number of amides is 1. The van der Waals surface area contributed by atoms with Gasteiger partial charge >= 0.3 is 0 Å². The van der Waals surface area contributed by atoms with Gasteiger partial charge in [0.1, 0.15) is 18.2 Å². The molecule has 0 spiro atoms. The highest BCUT2D eigenvalue weighted by molar-refractivity contribution is 5.94. The van der Waals surface area contributed by atoms with Crippen LogP contribution < -0.4 is 15.4 Å². The fraction of sp³-hybridized carbons (Fsp3) is 0.379. The van der Waals surface area contributed by atoms with Crippen LogP contribution >= 0.6 is 0 Å². The first kappa shape index (κ1) is 25.7. The first-order chi connectivity index (χ1) is 18.4. The maximum absolute atomic E-state index is 12.7. The zero-order chi connectivity index (χ0) is 26.6. The highest BCUT2D eigenvalue weighted by Gasteiger charge is 2.25. The molecule has 5 rings (SSSR count).